The van der Waals surface area contributed by atoms with Crippen molar-refractivity contribution in [1.82, 2.24) is 20.2 Å². The molecule has 20 heavy (non-hydrogen) atoms. The van der Waals surface area contributed by atoms with E-state index in [1.54, 1.807) is 0 Å². The highest BCUT2D eigenvalue weighted by atomic mass is 32.2. The maximum atomic E-state index is 11.3. The largest absolute Gasteiger partial charge is 0.502 e. The standard InChI is InChI=1S/C12H14N4O3S/c17-10-5-9(19-6-11(10)18)7-20-12-13-14-15-16(12)8-3-1-2-4-8/h5-6,8,18H,1-4,7H2. The zero-order chi connectivity index (χ0) is 13.9. The average Bonchev–Trinajstić information content (AvgIpc) is 3.09. The molecule has 3 rings (SSSR count). The van der Waals surface area contributed by atoms with Crippen LogP contribution in [0.1, 0.15) is 37.5 Å². The Morgan fingerprint density at radius 1 is 1.45 bits per heavy atom. The van der Waals surface area contributed by atoms with Crippen LogP contribution in [-0.4, -0.2) is 25.3 Å². The van der Waals surface area contributed by atoms with Crippen molar-refractivity contribution in [1.29, 1.82) is 0 Å². The Morgan fingerprint density at radius 2 is 2.25 bits per heavy atom. The third-order valence-electron chi connectivity index (χ3n) is 3.34. The van der Waals surface area contributed by atoms with Gasteiger partial charge in [-0.2, -0.15) is 0 Å². The van der Waals surface area contributed by atoms with E-state index in [-0.39, 0.29) is 5.75 Å². The molecule has 0 bridgehead atoms. The molecule has 2 heterocycles. The molecule has 2 aromatic rings. The van der Waals surface area contributed by atoms with Crippen molar-refractivity contribution < 1.29 is 9.52 Å². The second kappa shape index (κ2) is 5.66. The van der Waals surface area contributed by atoms with E-state index in [0.717, 1.165) is 24.3 Å². The number of aromatic nitrogens is 4. The fourth-order valence-electron chi connectivity index (χ4n) is 2.31. The first-order valence-electron chi connectivity index (χ1n) is 6.45. The zero-order valence-electron chi connectivity index (χ0n) is 10.7. The third kappa shape index (κ3) is 2.69. The lowest BCUT2D eigenvalue weighted by molar-refractivity contribution is 0.417. The first-order chi connectivity index (χ1) is 9.74. The van der Waals surface area contributed by atoms with Crippen molar-refractivity contribution in [3.8, 4) is 5.75 Å². The monoisotopic (exact) mass is 294 g/mol. The first kappa shape index (κ1) is 13.2. The second-order valence-corrected chi connectivity index (χ2v) is 5.67. The van der Waals surface area contributed by atoms with Crippen LogP contribution >= 0.6 is 11.8 Å². The molecule has 0 saturated heterocycles. The highest BCUT2D eigenvalue weighted by molar-refractivity contribution is 7.98. The number of tetrazole rings is 1. The summed E-state index contributed by atoms with van der Waals surface area (Å²) in [5.74, 6) is 0.552. The van der Waals surface area contributed by atoms with Crippen molar-refractivity contribution in [3.05, 3.63) is 28.3 Å². The van der Waals surface area contributed by atoms with Crippen molar-refractivity contribution in [2.45, 2.75) is 42.6 Å². The van der Waals surface area contributed by atoms with E-state index in [4.69, 9.17) is 9.52 Å². The Bertz CT molecular complexity index is 648. The molecule has 0 aliphatic heterocycles. The summed E-state index contributed by atoms with van der Waals surface area (Å²) in [5.41, 5.74) is -0.442. The number of hydrogen-bond acceptors (Lipinski definition) is 7. The van der Waals surface area contributed by atoms with Gasteiger partial charge in [-0.3, -0.25) is 4.79 Å². The molecule has 1 saturated carbocycles. The van der Waals surface area contributed by atoms with Gasteiger partial charge in [0.15, 0.2) is 5.75 Å². The van der Waals surface area contributed by atoms with Gasteiger partial charge >= 0.3 is 0 Å². The minimum atomic E-state index is -0.442. The highest BCUT2D eigenvalue weighted by Crippen LogP contribution is 2.32. The van der Waals surface area contributed by atoms with Crippen molar-refractivity contribution in [2.75, 3.05) is 0 Å². The summed E-state index contributed by atoms with van der Waals surface area (Å²) >= 11 is 1.42. The Morgan fingerprint density at radius 3 is 3.00 bits per heavy atom. The Kier molecular flexibility index (Phi) is 3.72. The van der Waals surface area contributed by atoms with Crippen molar-refractivity contribution >= 4 is 11.8 Å². The lowest BCUT2D eigenvalue weighted by Gasteiger charge is -2.10. The summed E-state index contributed by atoms with van der Waals surface area (Å²) in [6.45, 7) is 0. The van der Waals surface area contributed by atoms with E-state index in [9.17, 15) is 4.79 Å². The summed E-state index contributed by atoms with van der Waals surface area (Å²) in [5, 5.41) is 21.6. The predicted octanol–water partition coefficient (Wildman–Crippen LogP) is 1.74. The summed E-state index contributed by atoms with van der Waals surface area (Å²) in [6.07, 6.45) is 5.68. The molecule has 2 aromatic heterocycles. The zero-order valence-corrected chi connectivity index (χ0v) is 11.5. The summed E-state index contributed by atoms with van der Waals surface area (Å²) in [4.78, 5) is 11.3. The first-order valence-corrected chi connectivity index (χ1v) is 7.44. The molecule has 7 nitrogen and oxygen atoms in total. The van der Waals surface area contributed by atoms with Crippen LogP contribution in [-0.2, 0) is 5.75 Å². The number of thioether (sulfide) groups is 1. The molecule has 0 aromatic carbocycles. The molecule has 0 amide bonds. The highest BCUT2D eigenvalue weighted by Gasteiger charge is 2.21. The summed E-state index contributed by atoms with van der Waals surface area (Å²) < 4.78 is 7.01. The van der Waals surface area contributed by atoms with Gasteiger partial charge in [-0.15, -0.1) is 5.10 Å². The van der Waals surface area contributed by atoms with Gasteiger partial charge in [0.05, 0.1) is 11.8 Å². The molecule has 0 radical (unpaired) electrons. The normalized spacial score (nSPS) is 15.8. The van der Waals surface area contributed by atoms with Crippen LogP contribution in [0, 0.1) is 0 Å². The molecule has 1 aliphatic carbocycles. The van der Waals surface area contributed by atoms with E-state index < -0.39 is 5.43 Å². The van der Waals surface area contributed by atoms with Gasteiger partial charge in [-0.25, -0.2) is 4.68 Å². The molecule has 0 unspecified atom stereocenters. The molecule has 1 aliphatic rings. The number of rotatable bonds is 4. The molecule has 1 N–H and O–H groups in total. The van der Waals surface area contributed by atoms with Crippen LogP contribution < -0.4 is 5.43 Å². The van der Waals surface area contributed by atoms with Gasteiger partial charge in [-0.05, 0) is 23.3 Å². The van der Waals surface area contributed by atoms with Crippen LogP contribution in [0.15, 0.2) is 26.7 Å². The van der Waals surface area contributed by atoms with Gasteiger partial charge in [0.25, 0.3) is 0 Å². The predicted molar refractivity (Wildman–Crippen MR) is 71.5 cm³/mol. The minimum Gasteiger partial charge on any atom is -0.502 e. The Balaban J connectivity index is 1.70. The molecular weight excluding hydrogens is 280 g/mol. The Labute approximate surface area is 119 Å². The van der Waals surface area contributed by atoms with Crippen molar-refractivity contribution in [2.24, 2.45) is 0 Å². The number of hydrogen-bond donors (Lipinski definition) is 1. The van der Waals surface area contributed by atoms with Crippen LogP contribution in [0.25, 0.3) is 0 Å². The quantitative estimate of drug-likeness (QED) is 0.858. The van der Waals surface area contributed by atoms with E-state index in [0.29, 0.717) is 17.6 Å². The van der Waals surface area contributed by atoms with E-state index >= 15 is 0 Å². The van der Waals surface area contributed by atoms with Crippen LogP contribution in [0.4, 0.5) is 0 Å². The molecule has 106 valence electrons. The lowest BCUT2D eigenvalue weighted by atomic mass is 10.3. The van der Waals surface area contributed by atoms with Gasteiger partial charge < -0.3 is 9.52 Å². The number of aromatic hydroxyl groups is 1. The number of nitrogens with zero attached hydrogens (tertiary/aromatic N) is 4. The second-order valence-electron chi connectivity index (χ2n) is 4.73. The fraction of sp³-hybridized carbons (Fsp3) is 0.500. The fourth-order valence-corrected chi connectivity index (χ4v) is 3.15. The third-order valence-corrected chi connectivity index (χ3v) is 4.30. The maximum Gasteiger partial charge on any atom is 0.226 e. The minimum absolute atomic E-state index is 0.374. The van der Waals surface area contributed by atoms with Gasteiger partial charge in [0.2, 0.25) is 10.6 Å². The smallest absolute Gasteiger partial charge is 0.226 e. The molecule has 0 atom stereocenters. The summed E-state index contributed by atoms with van der Waals surface area (Å²) in [7, 11) is 0. The van der Waals surface area contributed by atoms with Gasteiger partial charge in [-0.1, -0.05) is 24.6 Å². The van der Waals surface area contributed by atoms with Crippen LogP contribution in [0.5, 0.6) is 5.75 Å². The van der Waals surface area contributed by atoms with E-state index in [1.165, 1.54) is 30.7 Å². The molecule has 8 heteroatoms. The molecular formula is C12H14N4O3S. The Hall–Kier alpha value is -1.83. The lowest BCUT2D eigenvalue weighted by Crippen LogP contribution is -2.08. The molecule has 0 spiro atoms. The summed E-state index contributed by atoms with van der Waals surface area (Å²) in [6, 6.07) is 1.66. The SMILES string of the molecule is O=c1cc(CSc2nnnn2C2CCCC2)occ1O. The van der Waals surface area contributed by atoms with Crippen LogP contribution in [0.3, 0.4) is 0 Å². The van der Waals surface area contributed by atoms with E-state index in [1.807, 2.05) is 4.68 Å². The topological polar surface area (TPSA) is 94.0 Å². The van der Waals surface area contributed by atoms with Crippen LogP contribution in [0.2, 0.25) is 0 Å². The van der Waals surface area contributed by atoms with Gasteiger partial charge in [0.1, 0.15) is 12.0 Å². The van der Waals surface area contributed by atoms with Crippen molar-refractivity contribution in [3.63, 3.8) is 0 Å². The molecule has 1 fully saturated rings. The van der Waals surface area contributed by atoms with E-state index in [2.05, 4.69) is 15.5 Å². The van der Waals surface area contributed by atoms with Gasteiger partial charge in [0, 0.05) is 6.07 Å². The average molecular weight is 294 g/mol. The maximum absolute atomic E-state index is 11.3.